The Morgan fingerprint density at radius 3 is 2.31 bits per heavy atom. The van der Waals surface area contributed by atoms with E-state index in [2.05, 4.69) is 5.10 Å². The molecule has 0 radical (unpaired) electrons. The lowest BCUT2D eigenvalue weighted by Crippen LogP contribution is -2.16. The van der Waals surface area contributed by atoms with Crippen LogP contribution in [0.15, 0.2) is 23.0 Å². The van der Waals surface area contributed by atoms with E-state index in [1.165, 1.54) is 4.68 Å². The van der Waals surface area contributed by atoms with Crippen molar-refractivity contribution >= 4 is 29.0 Å². The highest BCUT2D eigenvalue weighted by atomic mass is 35.5. The van der Waals surface area contributed by atoms with Crippen molar-refractivity contribution < 1.29 is 0 Å². The molecule has 0 atom stereocenters. The van der Waals surface area contributed by atoms with Crippen LogP contribution in [0.3, 0.4) is 0 Å². The number of H-pyrrole nitrogens is 1. The average Bonchev–Trinajstić information content (AvgIpc) is 2.47. The van der Waals surface area contributed by atoms with Gasteiger partial charge >= 0.3 is 0 Å². The molecular weight excluding hydrogens is 249 g/mol. The number of halogens is 2. The van der Waals surface area contributed by atoms with E-state index in [1.54, 1.807) is 25.1 Å². The van der Waals surface area contributed by atoms with Gasteiger partial charge < -0.3 is 5.73 Å². The SMILES string of the molecule is Cc1c(N)[nH]n(-c2c(Cl)cccc2Cl)c1=O. The topological polar surface area (TPSA) is 63.8 Å². The molecule has 2 aromatic rings. The van der Waals surface area contributed by atoms with Crippen LogP contribution in [0, 0.1) is 6.92 Å². The van der Waals surface area contributed by atoms with Gasteiger partial charge in [-0.3, -0.25) is 9.89 Å². The van der Waals surface area contributed by atoms with Crippen LogP contribution < -0.4 is 11.3 Å². The van der Waals surface area contributed by atoms with Gasteiger partial charge in [0.1, 0.15) is 11.5 Å². The van der Waals surface area contributed by atoms with E-state index in [4.69, 9.17) is 28.9 Å². The van der Waals surface area contributed by atoms with Gasteiger partial charge in [-0.25, -0.2) is 4.68 Å². The predicted molar refractivity (Wildman–Crippen MR) is 65.6 cm³/mol. The molecule has 4 nitrogen and oxygen atoms in total. The second kappa shape index (κ2) is 3.88. The van der Waals surface area contributed by atoms with E-state index < -0.39 is 0 Å². The molecule has 0 aliphatic carbocycles. The number of aromatic amines is 1. The molecule has 2 rings (SSSR count). The molecule has 0 saturated carbocycles. The molecule has 0 fully saturated rings. The van der Waals surface area contributed by atoms with Crippen LogP contribution in [-0.2, 0) is 0 Å². The first-order chi connectivity index (χ1) is 7.52. The van der Waals surface area contributed by atoms with Crippen LogP contribution in [0.4, 0.5) is 5.82 Å². The maximum absolute atomic E-state index is 11.8. The zero-order chi connectivity index (χ0) is 11.9. The molecule has 0 bridgehead atoms. The van der Waals surface area contributed by atoms with Crippen molar-refractivity contribution in [3.05, 3.63) is 44.2 Å². The summed E-state index contributed by atoms with van der Waals surface area (Å²) in [5, 5.41) is 3.49. The largest absolute Gasteiger partial charge is 0.384 e. The van der Waals surface area contributed by atoms with Crippen molar-refractivity contribution in [2.45, 2.75) is 6.92 Å². The number of anilines is 1. The van der Waals surface area contributed by atoms with Crippen LogP contribution in [0.25, 0.3) is 5.69 Å². The molecule has 16 heavy (non-hydrogen) atoms. The minimum absolute atomic E-state index is 0.257. The number of hydrogen-bond acceptors (Lipinski definition) is 2. The fourth-order valence-corrected chi connectivity index (χ4v) is 1.96. The quantitative estimate of drug-likeness (QED) is 0.824. The molecule has 0 spiro atoms. The number of nitrogens with zero attached hydrogens (tertiary/aromatic N) is 1. The summed E-state index contributed by atoms with van der Waals surface area (Å²) in [6.45, 7) is 1.63. The third-order valence-electron chi connectivity index (χ3n) is 2.32. The maximum Gasteiger partial charge on any atom is 0.276 e. The summed E-state index contributed by atoms with van der Waals surface area (Å²) >= 11 is 12.0. The maximum atomic E-state index is 11.8. The second-order valence-electron chi connectivity index (χ2n) is 3.36. The molecule has 1 aromatic heterocycles. The molecule has 3 N–H and O–H groups in total. The summed E-state index contributed by atoms with van der Waals surface area (Å²) in [4.78, 5) is 11.8. The summed E-state index contributed by atoms with van der Waals surface area (Å²) in [7, 11) is 0. The van der Waals surface area contributed by atoms with Crippen LogP contribution in [0.5, 0.6) is 0 Å². The standard InChI is InChI=1S/C10H9Cl2N3O/c1-5-9(13)14-15(10(5)16)8-6(11)3-2-4-7(8)12/h2-4,14H,13H2,1H3. The number of nitrogens with two attached hydrogens (primary N) is 1. The molecule has 1 heterocycles. The highest BCUT2D eigenvalue weighted by Crippen LogP contribution is 2.27. The number of nitrogen functional groups attached to an aromatic ring is 1. The Kier molecular flexibility index (Phi) is 2.69. The molecule has 0 amide bonds. The summed E-state index contributed by atoms with van der Waals surface area (Å²) in [5.74, 6) is 0.306. The van der Waals surface area contributed by atoms with E-state index >= 15 is 0 Å². The van der Waals surface area contributed by atoms with Gasteiger partial charge in [-0.2, -0.15) is 0 Å². The molecule has 84 valence electrons. The zero-order valence-corrected chi connectivity index (χ0v) is 9.93. The zero-order valence-electron chi connectivity index (χ0n) is 8.42. The molecule has 0 aliphatic heterocycles. The van der Waals surface area contributed by atoms with Gasteiger partial charge in [-0.1, -0.05) is 29.3 Å². The van der Waals surface area contributed by atoms with Gasteiger partial charge in [0.15, 0.2) is 0 Å². The highest BCUT2D eigenvalue weighted by molar-refractivity contribution is 6.37. The summed E-state index contributed by atoms with van der Waals surface area (Å²) < 4.78 is 1.25. The molecular formula is C10H9Cl2N3O. The van der Waals surface area contributed by atoms with Gasteiger partial charge in [-0.05, 0) is 19.1 Å². The first-order valence-electron chi connectivity index (χ1n) is 4.54. The van der Waals surface area contributed by atoms with Crippen molar-refractivity contribution in [2.75, 3.05) is 5.73 Å². The number of rotatable bonds is 1. The third-order valence-corrected chi connectivity index (χ3v) is 2.93. The monoisotopic (exact) mass is 257 g/mol. The number of para-hydroxylation sites is 1. The Labute approximate surface area is 102 Å². The molecule has 0 saturated heterocycles. The van der Waals surface area contributed by atoms with Crippen molar-refractivity contribution in [2.24, 2.45) is 0 Å². The van der Waals surface area contributed by atoms with Gasteiger partial charge in [-0.15, -0.1) is 0 Å². The van der Waals surface area contributed by atoms with Gasteiger partial charge in [0.05, 0.1) is 15.6 Å². The Bertz CT molecular complexity index is 580. The first-order valence-corrected chi connectivity index (χ1v) is 5.29. The van der Waals surface area contributed by atoms with E-state index in [9.17, 15) is 4.79 Å². The van der Waals surface area contributed by atoms with Crippen molar-refractivity contribution in [1.29, 1.82) is 0 Å². The van der Waals surface area contributed by atoms with Crippen molar-refractivity contribution in [3.8, 4) is 5.69 Å². The highest BCUT2D eigenvalue weighted by Gasteiger charge is 2.14. The number of benzene rings is 1. The van der Waals surface area contributed by atoms with Crippen LogP contribution >= 0.6 is 23.2 Å². The normalized spacial score (nSPS) is 10.7. The van der Waals surface area contributed by atoms with Crippen molar-refractivity contribution in [3.63, 3.8) is 0 Å². The lowest BCUT2D eigenvalue weighted by Gasteiger charge is -2.06. The predicted octanol–water partition coefficient (Wildman–Crippen LogP) is 2.36. The van der Waals surface area contributed by atoms with Crippen LogP contribution in [0.1, 0.15) is 5.56 Å². The van der Waals surface area contributed by atoms with Crippen LogP contribution in [0.2, 0.25) is 10.0 Å². The lowest BCUT2D eigenvalue weighted by atomic mass is 10.3. The Morgan fingerprint density at radius 1 is 1.31 bits per heavy atom. The van der Waals surface area contributed by atoms with E-state index in [-0.39, 0.29) is 5.56 Å². The van der Waals surface area contributed by atoms with Crippen molar-refractivity contribution in [1.82, 2.24) is 9.78 Å². The molecule has 0 unspecified atom stereocenters. The molecule has 6 heteroatoms. The van der Waals surface area contributed by atoms with Gasteiger partial charge in [0.2, 0.25) is 0 Å². The average molecular weight is 258 g/mol. The molecule has 1 aromatic carbocycles. The first kappa shape index (κ1) is 11.1. The summed E-state index contributed by atoms with van der Waals surface area (Å²) in [5.41, 5.74) is 6.21. The molecule has 0 aliphatic rings. The fourth-order valence-electron chi connectivity index (χ4n) is 1.40. The van der Waals surface area contributed by atoms with E-state index in [0.29, 0.717) is 27.1 Å². The number of aromatic nitrogens is 2. The summed E-state index contributed by atoms with van der Waals surface area (Å²) in [6.07, 6.45) is 0. The Balaban J connectivity index is 2.78. The number of hydrogen-bond donors (Lipinski definition) is 2. The summed E-state index contributed by atoms with van der Waals surface area (Å²) in [6, 6.07) is 5.02. The minimum atomic E-state index is -0.257. The van der Waals surface area contributed by atoms with Gasteiger partial charge in [0.25, 0.3) is 5.56 Å². The second-order valence-corrected chi connectivity index (χ2v) is 4.18. The Hall–Kier alpha value is -1.39. The number of nitrogens with one attached hydrogen (secondary N) is 1. The fraction of sp³-hybridized carbons (Fsp3) is 0.100. The minimum Gasteiger partial charge on any atom is -0.384 e. The van der Waals surface area contributed by atoms with Gasteiger partial charge in [0, 0.05) is 0 Å². The van der Waals surface area contributed by atoms with E-state index in [1.807, 2.05) is 0 Å². The third kappa shape index (κ3) is 1.60. The Morgan fingerprint density at radius 2 is 1.88 bits per heavy atom. The van der Waals surface area contributed by atoms with Crippen LogP contribution in [-0.4, -0.2) is 9.78 Å². The lowest BCUT2D eigenvalue weighted by molar-refractivity contribution is 0.852. The smallest absolute Gasteiger partial charge is 0.276 e. The van der Waals surface area contributed by atoms with E-state index in [0.717, 1.165) is 0 Å².